The Morgan fingerprint density at radius 1 is 1.42 bits per heavy atom. The van der Waals surface area contributed by atoms with E-state index in [0.717, 1.165) is 0 Å². The number of thiazole rings is 1. The molecule has 0 unspecified atom stereocenters. The third kappa shape index (κ3) is 3.36. The summed E-state index contributed by atoms with van der Waals surface area (Å²) in [6, 6.07) is 5.03. The van der Waals surface area contributed by atoms with Crippen LogP contribution < -0.4 is 5.32 Å². The molecule has 1 aromatic carbocycles. The van der Waals surface area contributed by atoms with Crippen molar-refractivity contribution in [1.82, 2.24) is 10.3 Å². The van der Waals surface area contributed by atoms with Crippen molar-refractivity contribution in [3.05, 3.63) is 52.2 Å². The average molecular weight is 280 g/mol. The van der Waals surface area contributed by atoms with Crippen LogP contribution in [-0.4, -0.2) is 22.0 Å². The van der Waals surface area contributed by atoms with Crippen LogP contribution in [0.5, 0.6) is 0 Å². The molecule has 6 heteroatoms. The van der Waals surface area contributed by atoms with Crippen LogP contribution in [0.2, 0.25) is 0 Å². The Morgan fingerprint density at radius 3 is 2.68 bits per heavy atom. The van der Waals surface area contributed by atoms with Crippen molar-refractivity contribution in [2.75, 3.05) is 0 Å². The first-order valence-corrected chi connectivity index (χ1v) is 6.65. The largest absolute Gasteiger partial charge is 0.386 e. The normalized spacial score (nSPS) is 13.8. The fourth-order valence-electron chi connectivity index (χ4n) is 1.63. The monoisotopic (exact) mass is 280 g/mol. The summed E-state index contributed by atoms with van der Waals surface area (Å²) in [5, 5.41) is 14.4. The molecule has 0 aliphatic carbocycles. The van der Waals surface area contributed by atoms with Crippen LogP contribution in [0.1, 0.15) is 29.1 Å². The molecule has 0 saturated carbocycles. The lowest BCUT2D eigenvalue weighted by Gasteiger charge is -2.20. The van der Waals surface area contributed by atoms with E-state index in [1.807, 2.05) is 0 Å². The summed E-state index contributed by atoms with van der Waals surface area (Å²) >= 11 is 1.33. The first kappa shape index (κ1) is 13.6. The van der Waals surface area contributed by atoms with E-state index < -0.39 is 12.1 Å². The number of hydrogen-bond acceptors (Lipinski definition) is 4. The fourth-order valence-corrected chi connectivity index (χ4v) is 2.17. The van der Waals surface area contributed by atoms with E-state index in [2.05, 4.69) is 10.3 Å². The second kappa shape index (κ2) is 5.90. The zero-order chi connectivity index (χ0) is 13.8. The minimum absolute atomic E-state index is 0.322. The van der Waals surface area contributed by atoms with Crippen LogP contribution in [0.4, 0.5) is 4.39 Å². The summed E-state index contributed by atoms with van der Waals surface area (Å²) in [4.78, 5) is 15.7. The third-order valence-electron chi connectivity index (χ3n) is 2.71. The van der Waals surface area contributed by atoms with Crippen LogP contribution in [0.3, 0.4) is 0 Å². The van der Waals surface area contributed by atoms with Gasteiger partial charge in [0.1, 0.15) is 11.5 Å². The molecule has 0 aliphatic heterocycles. The Kier molecular flexibility index (Phi) is 4.24. The van der Waals surface area contributed by atoms with Crippen molar-refractivity contribution in [3.8, 4) is 0 Å². The minimum atomic E-state index is -0.900. The molecule has 0 aliphatic rings. The second-order valence-corrected chi connectivity index (χ2v) is 4.85. The third-order valence-corrected chi connectivity index (χ3v) is 3.30. The number of nitrogens with zero attached hydrogens (tertiary/aromatic N) is 1. The lowest BCUT2D eigenvalue weighted by Crippen LogP contribution is -2.37. The zero-order valence-corrected chi connectivity index (χ0v) is 11.0. The molecule has 0 bridgehead atoms. The van der Waals surface area contributed by atoms with Crippen LogP contribution >= 0.6 is 11.3 Å². The molecule has 1 amide bonds. The van der Waals surface area contributed by atoms with Crippen LogP contribution in [0.25, 0.3) is 0 Å². The van der Waals surface area contributed by atoms with Gasteiger partial charge >= 0.3 is 0 Å². The molecule has 100 valence electrons. The zero-order valence-electron chi connectivity index (χ0n) is 10.2. The molecular formula is C13H13FN2O2S. The topological polar surface area (TPSA) is 62.2 Å². The number of rotatable bonds is 4. The number of amides is 1. The van der Waals surface area contributed by atoms with Gasteiger partial charge in [-0.15, -0.1) is 11.3 Å². The molecule has 2 aromatic rings. The summed E-state index contributed by atoms with van der Waals surface area (Å²) in [5.41, 5.74) is 2.44. The molecule has 4 nitrogen and oxygen atoms in total. The summed E-state index contributed by atoms with van der Waals surface area (Å²) in [6.07, 6.45) is -0.900. The van der Waals surface area contributed by atoms with Gasteiger partial charge in [-0.3, -0.25) is 4.79 Å². The van der Waals surface area contributed by atoms with Crippen molar-refractivity contribution in [3.63, 3.8) is 0 Å². The van der Waals surface area contributed by atoms with Gasteiger partial charge in [0.15, 0.2) is 0 Å². The van der Waals surface area contributed by atoms with Crippen molar-refractivity contribution >= 4 is 17.2 Å². The highest BCUT2D eigenvalue weighted by Crippen LogP contribution is 2.17. The van der Waals surface area contributed by atoms with E-state index in [4.69, 9.17) is 0 Å². The number of carbonyl (C=O) groups is 1. The SMILES string of the molecule is C[C@@H](NC(=O)c1cscn1)[C@H](O)c1ccc(F)cc1. The predicted octanol–water partition coefficient (Wildman–Crippen LogP) is 2.13. The quantitative estimate of drug-likeness (QED) is 0.902. The Balaban J connectivity index is 2.01. The fraction of sp³-hybridized carbons (Fsp3) is 0.231. The van der Waals surface area contributed by atoms with E-state index in [9.17, 15) is 14.3 Å². The lowest BCUT2D eigenvalue weighted by molar-refractivity contribution is 0.0848. The molecule has 19 heavy (non-hydrogen) atoms. The summed E-state index contributed by atoms with van der Waals surface area (Å²) in [5.74, 6) is -0.704. The maximum atomic E-state index is 12.8. The maximum absolute atomic E-state index is 12.8. The highest BCUT2D eigenvalue weighted by molar-refractivity contribution is 7.07. The molecular weight excluding hydrogens is 267 g/mol. The van der Waals surface area contributed by atoms with Gasteiger partial charge in [0.05, 0.1) is 17.7 Å². The molecule has 1 aromatic heterocycles. The number of carbonyl (C=O) groups excluding carboxylic acids is 1. The number of hydrogen-bond donors (Lipinski definition) is 2. The van der Waals surface area contributed by atoms with Gasteiger partial charge in [0.25, 0.3) is 5.91 Å². The average Bonchev–Trinajstić information content (AvgIpc) is 2.92. The molecule has 2 rings (SSSR count). The molecule has 2 N–H and O–H groups in total. The molecule has 0 radical (unpaired) electrons. The van der Waals surface area contributed by atoms with Crippen LogP contribution in [0, 0.1) is 5.82 Å². The Hall–Kier alpha value is -1.79. The molecule has 1 heterocycles. The first-order chi connectivity index (χ1) is 9.08. The summed E-state index contributed by atoms with van der Waals surface area (Å²) < 4.78 is 12.8. The van der Waals surface area contributed by atoms with E-state index in [0.29, 0.717) is 11.3 Å². The van der Waals surface area contributed by atoms with Crippen molar-refractivity contribution in [2.45, 2.75) is 19.1 Å². The standard InChI is InChI=1S/C13H13FN2O2S/c1-8(16-13(18)11-6-19-7-15-11)12(17)9-2-4-10(14)5-3-9/h2-8,12,17H,1H3,(H,16,18)/t8-,12+/m1/s1. The Morgan fingerprint density at radius 2 is 2.11 bits per heavy atom. The number of aliphatic hydroxyl groups is 1. The molecule has 2 atom stereocenters. The van der Waals surface area contributed by atoms with Gasteiger partial charge in [-0.05, 0) is 24.6 Å². The number of aliphatic hydroxyl groups excluding tert-OH is 1. The van der Waals surface area contributed by atoms with Gasteiger partial charge < -0.3 is 10.4 Å². The van der Waals surface area contributed by atoms with E-state index in [1.54, 1.807) is 17.8 Å². The lowest BCUT2D eigenvalue weighted by atomic mass is 10.0. The summed E-state index contributed by atoms with van der Waals surface area (Å²) in [7, 11) is 0. The number of nitrogens with one attached hydrogen (secondary N) is 1. The smallest absolute Gasteiger partial charge is 0.271 e. The van der Waals surface area contributed by atoms with E-state index in [1.165, 1.54) is 35.6 Å². The predicted molar refractivity (Wildman–Crippen MR) is 70.4 cm³/mol. The highest BCUT2D eigenvalue weighted by Gasteiger charge is 2.19. The highest BCUT2D eigenvalue weighted by atomic mass is 32.1. The van der Waals surface area contributed by atoms with Crippen LogP contribution in [0.15, 0.2) is 35.2 Å². The number of aromatic nitrogens is 1. The second-order valence-electron chi connectivity index (χ2n) is 4.13. The van der Waals surface area contributed by atoms with Gasteiger partial charge in [-0.2, -0.15) is 0 Å². The van der Waals surface area contributed by atoms with E-state index >= 15 is 0 Å². The maximum Gasteiger partial charge on any atom is 0.271 e. The molecule has 0 saturated heterocycles. The molecule has 0 spiro atoms. The van der Waals surface area contributed by atoms with Crippen molar-refractivity contribution < 1.29 is 14.3 Å². The van der Waals surface area contributed by atoms with Crippen molar-refractivity contribution in [2.24, 2.45) is 0 Å². The Bertz CT molecular complexity index is 542. The molecule has 0 fully saturated rings. The van der Waals surface area contributed by atoms with Crippen LogP contribution in [-0.2, 0) is 0 Å². The van der Waals surface area contributed by atoms with Gasteiger partial charge in [0.2, 0.25) is 0 Å². The van der Waals surface area contributed by atoms with Gasteiger partial charge in [-0.1, -0.05) is 12.1 Å². The van der Waals surface area contributed by atoms with Gasteiger partial charge in [0, 0.05) is 5.38 Å². The number of benzene rings is 1. The first-order valence-electron chi connectivity index (χ1n) is 5.70. The van der Waals surface area contributed by atoms with Gasteiger partial charge in [-0.25, -0.2) is 9.37 Å². The van der Waals surface area contributed by atoms with E-state index in [-0.39, 0.29) is 11.7 Å². The number of halogens is 1. The Labute approximate surface area is 113 Å². The minimum Gasteiger partial charge on any atom is -0.386 e. The van der Waals surface area contributed by atoms with Crippen molar-refractivity contribution in [1.29, 1.82) is 0 Å². The summed E-state index contributed by atoms with van der Waals surface area (Å²) in [6.45, 7) is 1.68.